The van der Waals surface area contributed by atoms with Crippen molar-refractivity contribution < 1.29 is 19.4 Å². The van der Waals surface area contributed by atoms with E-state index in [0.717, 1.165) is 26.3 Å². The highest BCUT2D eigenvalue weighted by molar-refractivity contribution is 14.1. The Labute approximate surface area is 231 Å². The van der Waals surface area contributed by atoms with Gasteiger partial charge in [-0.05, 0) is 64.9 Å². The van der Waals surface area contributed by atoms with Crippen LogP contribution >= 0.6 is 22.6 Å². The number of ether oxygens (including phenoxy) is 2. The van der Waals surface area contributed by atoms with E-state index in [9.17, 15) is 9.90 Å². The van der Waals surface area contributed by atoms with E-state index in [1.54, 1.807) is 7.11 Å². The van der Waals surface area contributed by atoms with E-state index >= 15 is 0 Å². The summed E-state index contributed by atoms with van der Waals surface area (Å²) in [6.07, 6.45) is 2.93. The molecule has 3 heterocycles. The number of carbonyl (C=O) groups excluding carboxylic acids is 1. The maximum absolute atomic E-state index is 13.7. The summed E-state index contributed by atoms with van der Waals surface area (Å²) in [7, 11) is -0.474. The molecule has 2 aromatic carbocycles. The number of fused-ring (bicyclic) bond motifs is 2. The van der Waals surface area contributed by atoms with E-state index in [1.165, 1.54) is 5.19 Å². The summed E-state index contributed by atoms with van der Waals surface area (Å²) < 4.78 is 15.2. The Kier molecular flexibility index (Phi) is 7.20. The number of hydrogen-bond acceptors (Lipinski definition) is 6. The van der Waals surface area contributed by atoms with Crippen LogP contribution in [0.15, 0.2) is 48.7 Å². The molecule has 1 spiro atoms. The van der Waals surface area contributed by atoms with Crippen LogP contribution in [0.2, 0.25) is 18.6 Å². The van der Waals surface area contributed by atoms with Crippen molar-refractivity contribution in [2.45, 2.75) is 56.7 Å². The Hall–Kier alpha value is -2.28. The second-order valence-electron chi connectivity index (χ2n) is 10.5. The van der Waals surface area contributed by atoms with Crippen LogP contribution in [0.5, 0.6) is 5.75 Å². The number of rotatable bonds is 8. The van der Waals surface area contributed by atoms with Crippen molar-refractivity contribution >= 4 is 47.4 Å². The van der Waals surface area contributed by atoms with Gasteiger partial charge in [0.05, 0.1) is 27.0 Å². The van der Waals surface area contributed by atoms with Gasteiger partial charge in [-0.2, -0.15) is 0 Å². The molecule has 2 N–H and O–H groups in total. The third kappa shape index (κ3) is 4.51. The van der Waals surface area contributed by atoms with Gasteiger partial charge in [-0.3, -0.25) is 9.48 Å². The van der Waals surface area contributed by atoms with Gasteiger partial charge in [0.25, 0.3) is 5.91 Å². The number of amides is 1. The summed E-state index contributed by atoms with van der Waals surface area (Å²) in [4.78, 5) is 13.7. The molecule has 0 radical (unpaired) electrons. The van der Waals surface area contributed by atoms with Gasteiger partial charge in [0.2, 0.25) is 0 Å². The molecular formula is C27H33IN4O4Si. The van der Waals surface area contributed by atoms with E-state index in [-0.39, 0.29) is 30.1 Å². The largest absolute Gasteiger partial charge is 0.497 e. The zero-order valence-corrected chi connectivity index (χ0v) is 24.7. The number of benzene rings is 2. The maximum atomic E-state index is 13.7. The van der Waals surface area contributed by atoms with Crippen LogP contribution in [0.4, 0.5) is 5.69 Å². The first-order valence-corrected chi connectivity index (χ1v) is 16.8. The first-order valence-electron chi connectivity index (χ1n) is 12.6. The van der Waals surface area contributed by atoms with Crippen LogP contribution in [-0.4, -0.2) is 53.9 Å². The Morgan fingerprint density at radius 1 is 1.24 bits per heavy atom. The molecule has 0 bridgehead atoms. The lowest BCUT2D eigenvalue weighted by molar-refractivity contribution is -0.143. The van der Waals surface area contributed by atoms with Crippen molar-refractivity contribution in [3.8, 4) is 5.75 Å². The average molecular weight is 633 g/mol. The number of aromatic nitrogens is 3. The van der Waals surface area contributed by atoms with Gasteiger partial charge in [0.15, 0.2) is 5.60 Å². The molecule has 0 saturated carbocycles. The number of hydrogen-bond donors (Lipinski definition) is 2. The van der Waals surface area contributed by atoms with Gasteiger partial charge < -0.3 is 19.9 Å². The van der Waals surface area contributed by atoms with Crippen LogP contribution in [0.25, 0.3) is 0 Å². The molecule has 2 aliphatic heterocycles. The maximum Gasteiger partial charge on any atom is 0.261 e. The number of methoxy groups -OCH3 is 1. The monoisotopic (exact) mass is 632 g/mol. The predicted molar refractivity (Wildman–Crippen MR) is 153 cm³/mol. The number of aliphatic hydroxyl groups is 1. The van der Waals surface area contributed by atoms with Crippen molar-refractivity contribution in [2.75, 3.05) is 19.0 Å². The zero-order valence-electron chi connectivity index (χ0n) is 21.6. The van der Waals surface area contributed by atoms with E-state index in [1.807, 2.05) is 35.1 Å². The van der Waals surface area contributed by atoms with Crippen molar-refractivity contribution in [1.29, 1.82) is 0 Å². The summed E-state index contributed by atoms with van der Waals surface area (Å²) in [6, 6.07) is 14.5. The number of anilines is 1. The van der Waals surface area contributed by atoms with E-state index in [2.05, 4.69) is 76.4 Å². The molecule has 0 unspecified atom stereocenters. The van der Waals surface area contributed by atoms with Gasteiger partial charge in [0, 0.05) is 46.5 Å². The second-order valence-corrected chi connectivity index (χ2v) is 16.5. The highest BCUT2D eigenvalue weighted by atomic mass is 127. The topological polar surface area (TPSA) is 98.5 Å². The SMILES string of the molecule is COc1ccc([Si](C)(C)[C@H]2[C@H](CCn3cc(CCO)nn3)O[C@@]3(C(=O)Nc4ccc(I)cc43)[C@@H]2C)cc1. The molecule has 1 aromatic heterocycles. The molecule has 196 valence electrons. The zero-order chi connectivity index (χ0) is 26.4. The molecule has 5 rings (SSSR count). The molecule has 3 aromatic rings. The molecule has 1 saturated heterocycles. The fourth-order valence-electron chi connectivity index (χ4n) is 6.31. The molecule has 1 amide bonds. The highest BCUT2D eigenvalue weighted by Gasteiger charge is 2.64. The molecule has 2 aliphatic rings. The Morgan fingerprint density at radius 2 is 2.00 bits per heavy atom. The number of nitrogens with zero attached hydrogens (tertiary/aromatic N) is 3. The summed E-state index contributed by atoms with van der Waals surface area (Å²) in [5.41, 5.74) is 1.70. The summed E-state index contributed by atoms with van der Waals surface area (Å²) in [5.74, 6) is 0.734. The number of carbonyl (C=O) groups is 1. The molecule has 1 fully saturated rings. The van der Waals surface area contributed by atoms with Crippen molar-refractivity contribution in [3.05, 3.63) is 63.5 Å². The summed E-state index contributed by atoms with van der Waals surface area (Å²) in [6.45, 7) is 7.61. The predicted octanol–water partition coefficient (Wildman–Crippen LogP) is 3.68. The van der Waals surface area contributed by atoms with E-state index < -0.39 is 13.7 Å². The lowest BCUT2D eigenvalue weighted by Crippen LogP contribution is -2.51. The van der Waals surface area contributed by atoms with Crippen LogP contribution in [0.3, 0.4) is 0 Å². The molecule has 0 aliphatic carbocycles. The molecule has 37 heavy (non-hydrogen) atoms. The highest BCUT2D eigenvalue weighted by Crippen LogP contribution is 2.58. The molecule has 8 nitrogen and oxygen atoms in total. The van der Waals surface area contributed by atoms with Gasteiger partial charge in [-0.25, -0.2) is 0 Å². The van der Waals surface area contributed by atoms with Gasteiger partial charge in [-0.15, -0.1) is 5.10 Å². The first-order chi connectivity index (χ1) is 17.7. The van der Waals surface area contributed by atoms with Crippen LogP contribution < -0.4 is 15.2 Å². The number of aryl methyl sites for hydroxylation is 1. The Morgan fingerprint density at radius 3 is 2.70 bits per heavy atom. The Balaban J connectivity index is 1.53. The first kappa shape index (κ1) is 26.3. The number of aliphatic hydroxyl groups excluding tert-OH is 1. The van der Waals surface area contributed by atoms with Crippen LogP contribution in [0.1, 0.15) is 24.6 Å². The minimum atomic E-state index is -2.15. The van der Waals surface area contributed by atoms with Gasteiger partial charge in [-0.1, -0.05) is 42.6 Å². The third-order valence-corrected chi connectivity index (χ3v) is 13.2. The lowest BCUT2D eigenvalue weighted by Gasteiger charge is -2.37. The fourth-order valence-corrected chi connectivity index (χ4v) is 10.9. The van der Waals surface area contributed by atoms with Gasteiger partial charge >= 0.3 is 0 Å². The molecule has 4 atom stereocenters. The van der Waals surface area contributed by atoms with Crippen molar-refractivity contribution in [2.24, 2.45) is 5.92 Å². The van der Waals surface area contributed by atoms with Crippen LogP contribution in [-0.2, 0) is 28.1 Å². The number of nitrogens with one attached hydrogen (secondary N) is 1. The minimum Gasteiger partial charge on any atom is -0.497 e. The van der Waals surface area contributed by atoms with Crippen molar-refractivity contribution in [3.63, 3.8) is 0 Å². The Bertz CT molecular complexity index is 1300. The molecule has 10 heteroatoms. The van der Waals surface area contributed by atoms with Gasteiger partial charge in [0.1, 0.15) is 5.75 Å². The normalized spacial score (nSPS) is 24.9. The summed E-state index contributed by atoms with van der Waals surface area (Å²) in [5, 5.41) is 22.1. The fraction of sp³-hybridized carbons (Fsp3) is 0.444. The van der Waals surface area contributed by atoms with Crippen molar-refractivity contribution in [1.82, 2.24) is 15.0 Å². The lowest BCUT2D eigenvalue weighted by atomic mass is 9.82. The number of halogens is 1. The summed E-state index contributed by atoms with van der Waals surface area (Å²) >= 11 is 2.30. The van der Waals surface area contributed by atoms with E-state index in [4.69, 9.17) is 9.47 Å². The van der Waals surface area contributed by atoms with E-state index in [0.29, 0.717) is 19.4 Å². The quantitative estimate of drug-likeness (QED) is 0.291. The second kappa shape index (κ2) is 10.1. The molecular weight excluding hydrogens is 599 g/mol. The smallest absolute Gasteiger partial charge is 0.261 e. The third-order valence-electron chi connectivity index (χ3n) is 8.15. The average Bonchev–Trinajstić information content (AvgIpc) is 3.54. The minimum absolute atomic E-state index is 0.0265. The standard InChI is InChI=1S/C27H33IN4O4Si/c1-17-25(37(3,4)21-8-6-20(35-2)7-9-21)24(11-13-32-16-19(12-14-33)30-31-32)36-27(17)22-15-18(28)5-10-23(22)29-26(27)34/h5-10,15-17,24-25,33H,11-14H2,1-4H3,(H,29,34)/t17-,24+,25-,27+/m1/s1. The van der Waals surface area contributed by atoms with Crippen LogP contribution in [0, 0.1) is 9.49 Å².